The van der Waals surface area contributed by atoms with Crippen molar-refractivity contribution in [1.82, 2.24) is 4.98 Å². The second kappa shape index (κ2) is 6.82. The Hall–Kier alpha value is -2.36. The normalized spacial score (nSPS) is 11.2. The summed E-state index contributed by atoms with van der Waals surface area (Å²) in [7, 11) is 0. The van der Waals surface area contributed by atoms with Gasteiger partial charge >= 0.3 is 0 Å². The lowest BCUT2D eigenvalue weighted by molar-refractivity contribution is 0.0988. The molecule has 23 heavy (non-hydrogen) atoms. The van der Waals surface area contributed by atoms with Crippen LogP contribution in [0.15, 0.2) is 42.7 Å². The van der Waals surface area contributed by atoms with Crippen LogP contribution in [0.3, 0.4) is 0 Å². The number of aryl methyl sites for hydroxylation is 1. The van der Waals surface area contributed by atoms with Gasteiger partial charge in [-0.2, -0.15) is 0 Å². The second-order valence-corrected chi connectivity index (χ2v) is 6.73. The van der Waals surface area contributed by atoms with Crippen LogP contribution in [0.25, 0.3) is 0 Å². The van der Waals surface area contributed by atoms with E-state index in [0.29, 0.717) is 12.1 Å². The third kappa shape index (κ3) is 4.55. The maximum atomic E-state index is 12.9. The number of rotatable bonds is 4. The fourth-order valence-electron chi connectivity index (χ4n) is 2.45. The quantitative estimate of drug-likeness (QED) is 0.917. The standard InChI is InChI=1S/C19H25N3O/c1-6-22(17-9-7-8-14(2)10-17)18(23)15-11-16(13-20-12-15)21-19(3,4)5/h7-13,21H,6H2,1-5H3. The van der Waals surface area contributed by atoms with Crippen molar-refractivity contribution in [2.45, 2.75) is 40.2 Å². The molecule has 0 aliphatic rings. The summed E-state index contributed by atoms with van der Waals surface area (Å²) in [5.74, 6) is -0.0387. The second-order valence-electron chi connectivity index (χ2n) is 6.73. The first kappa shape index (κ1) is 17.0. The molecule has 1 aromatic carbocycles. The van der Waals surface area contributed by atoms with E-state index in [9.17, 15) is 4.79 Å². The predicted octanol–water partition coefficient (Wildman–Crippen LogP) is 4.27. The third-order valence-electron chi connectivity index (χ3n) is 3.38. The summed E-state index contributed by atoms with van der Waals surface area (Å²) >= 11 is 0. The molecule has 0 aliphatic carbocycles. The van der Waals surface area contributed by atoms with E-state index < -0.39 is 0 Å². The molecule has 0 saturated heterocycles. The first-order valence-electron chi connectivity index (χ1n) is 7.92. The third-order valence-corrected chi connectivity index (χ3v) is 3.38. The van der Waals surface area contributed by atoms with Gasteiger partial charge in [0.25, 0.3) is 5.91 Å². The fourth-order valence-corrected chi connectivity index (χ4v) is 2.45. The van der Waals surface area contributed by atoms with Gasteiger partial charge in [-0.3, -0.25) is 9.78 Å². The van der Waals surface area contributed by atoms with Gasteiger partial charge in [-0.15, -0.1) is 0 Å². The fraction of sp³-hybridized carbons (Fsp3) is 0.368. The van der Waals surface area contributed by atoms with E-state index in [1.165, 1.54) is 0 Å². The van der Waals surface area contributed by atoms with Gasteiger partial charge in [-0.05, 0) is 58.4 Å². The molecule has 0 fully saturated rings. The molecule has 0 saturated carbocycles. The van der Waals surface area contributed by atoms with E-state index in [1.807, 2.05) is 44.2 Å². The maximum Gasteiger partial charge on any atom is 0.259 e. The van der Waals surface area contributed by atoms with Crippen LogP contribution in [0.4, 0.5) is 11.4 Å². The molecule has 0 aliphatic heterocycles. The van der Waals surface area contributed by atoms with Crippen molar-refractivity contribution in [2.75, 3.05) is 16.8 Å². The van der Waals surface area contributed by atoms with Crippen LogP contribution in [0.2, 0.25) is 0 Å². The van der Waals surface area contributed by atoms with E-state index in [2.05, 4.69) is 31.1 Å². The number of anilines is 2. The van der Waals surface area contributed by atoms with Crippen molar-refractivity contribution in [3.8, 4) is 0 Å². The summed E-state index contributed by atoms with van der Waals surface area (Å²) in [5, 5.41) is 3.35. The minimum Gasteiger partial charge on any atom is -0.379 e. The molecule has 4 nitrogen and oxygen atoms in total. The monoisotopic (exact) mass is 311 g/mol. The summed E-state index contributed by atoms with van der Waals surface area (Å²) in [6, 6.07) is 9.83. The molecule has 0 atom stereocenters. The van der Waals surface area contributed by atoms with Crippen LogP contribution in [-0.2, 0) is 0 Å². The number of amides is 1. The minimum atomic E-state index is -0.0790. The van der Waals surface area contributed by atoms with E-state index in [-0.39, 0.29) is 11.4 Å². The molecule has 0 spiro atoms. The summed E-state index contributed by atoms with van der Waals surface area (Å²) in [6.45, 7) is 10.8. The number of benzene rings is 1. The largest absolute Gasteiger partial charge is 0.379 e. The van der Waals surface area contributed by atoms with Crippen LogP contribution < -0.4 is 10.2 Å². The van der Waals surface area contributed by atoms with Gasteiger partial charge in [0, 0.05) is 30.2 Å². The Morgan fingerprint density at radius 1 is 1.22 bits per heavy atom. The number of hydrogen-bond acceptors (Lipinski definition) is 3. The first-order chi connectivity index (χ1) is 10.8. The van der Waals surface area contributed by atoms with Gasteiger partial charge in [-0.1, -0.05) is 12.1 Å². The van der Waals surface area contributed by atoms with Crippen LogP contribution in [0.1, 0.15) is 43.6 Å². The molecule has 0 unspecified atom stereocenters. The SMILES string of the molecule is CCN(C(=O)c1cncc(NC(C)(C)C)c1)c1cccc(C)c1. The van der Waals surface area contributed by atoms with Gasteiger partial charge < -0.3 is 10.2 Å². The summed E-state index contributed by atoms with van der Waals surface area (Å²) in [5.41, 5.74) is 3.40. The Morgan fingerprint density at radius 2 is 1.96 bits per heavy atom. The molecular weight excluding hydrogens is 286 g/mol. The Balaban J connectivity index is 2.29. The number of hydrogen-bond donors (Lipinski definition) is 1. The zero-order valence-corrected chi connectivity index (χ0v) is 14.6. The Morgan fingerprint density at radius 3 is 2.57 bits per heavy atom. The highest BCUT2D eigenvalue weighted by atomic mass is 16.2. The maximum absolute atomic E-state index is 12.9. The predicted molar refractivity (Wildman–Crippen MR) is 96.1 cm³/mol. The van der Waals surface area contributed by atoms with Crippen LogP contribution in [-0.4, -0.2) is 23.0 Å². The van der Waals surface area contributed by atoms with Crippen LogP contribution in [0.5, 0.6) is 0 Å². The summed E-state index contributed by atoms with van der Waals surface area (Å²) in [6.07, 6.45) is 3.36. The number of aromatic nitrogens is 1. The van der Waals surface area contributed by atoms with Gasteiger partial charge in [-0.25, -0.2) is 0 Å². The lowest BCUT2D eigenvalue weighted by atomic mass is 10.1. The van der Waals surface area contributed by atoms with Gasteiger partial charge in [0.1, 0.15) is 0 Å². The molecule has 122 valence electrons. The highest BCUT2D eigenvalue weighted by molar-refractivity contribution is 6.06. The van der Waals surface area contributed by atoms with Crippen LogP contribution >= 0.6 is 0 Å². The van der Waals surface area contributed by atoms with Crippen molar-refractivity contribution in [1.29, 1.82) is 0 Å². The summed E-state index contributed by atoms with van der Waals surface area (Å²) < 4.78 is 0. The molecule has 1 heterocycles. The zero-order chi connectivity index (χ0) is 17.0. The van der Waals surface area contributed by atoms with Crippen molar-refractivity contribution < 1.29 is 4.79 Å². The van der Waals surface area contributed by atoms with E-state index >= 15 is 0 Å². The molecule has 1 amide bonds. The molecule has 1 aromatic heterocycles. The first-order valence-corrected chi connectivity index (χ1v) is 7.92. The van der Waals surface area contributed by atoms with Gasteiger partial charge in [0.15, 0.2) is 0 Å². The zero-order valence-electron chi connectivity index (χ0n) is 14.6. The average molecular weight is 311 g/mol. The molecule has 4 heteroatoms. The minimum absolute atomic E-state index is 0.0387. The van der Waals surface area contributed by atoms with E-state index in [1.54, 1.807) is 17.3 Å². The highest BCUT2D eigenvalue weighted by Gasteiger charge is 2.18. The molecule has 2 aromatic rings. The molecular formula is C19H25N3O. The van der Waals surface area contributed by atoms with Crippen molar-refractivity contribution >= 4 is 17.3 Å². The lowest BCUT2D eigenvalue weighted by Gasteiger charge is -2.24. The highest BCUT2D eigenvalue weighted by Crippen LogP contribution is 2.20. The summed E-state index contributed by atoms with van der Waals surface area (Å²) in [4.78, 5) is 18.8. The Kier molecular flexibility index (Phi) is 5.04. The van der Waals surface area contributed by atoms with E-state index in [0.717, 1.165) is 16.9 Å². The van der Waals surface area contributed by atoms with Gasteiger partial charge in [0.05, 0.1) is 11.3 Å². The smallest absolute Gasteiger partial charge is 0.259 e. The Bertz CT molecular complexity index is 689. The van der Waals surface area contributed by atoms with E-state index in [4.69, 9.17) is 0 Å². The van der Waals surface area contributed by atoms with Crippen molar-refractivity contribution in [3.05, 3.63) is 53.9 Å². The number of carbonyl (C=O) groups excluding carboxylic acids is 1. The average Bonchev–Trinajstić information content (AvgIpc) is 2.46. The number of carbonyl (C=O) groups is 1. The number of nitrogens with zero attached hydrogens (tertiary/aromatic N) is 2. The molecule has 0 bridgehead atoms. The molecule has 2 rings (SSSR count). The molecule has 0 radical (unpaired) electrons. The van der Waals surface area contributed by atoms with Crippen LogP contribution in [0, 0.1) is 6.92 Å². The van der Waals surface area contributed by atoms with Gasteiger partial charge in [0.2, 0.25) is 0 Å². The molecule has 1 N–H and O–H groups in total. The lowest BCUT2D eigenvalue weighted by Crippen LogP contribution is -2.31. The Labute approximate surface area is 138 Å². The number of nitrogens with one attached hydrogen (secondary N) is 1. The van der Waals surface area contributed by atoms with Crippen molar-refractivity contribution in [2.24, 2.45) is 0 Å². The topological polar surface area (TPSA) is 45.2 Å². The number of pyridine rings is 1. The van der Waals surface area contributed by atoms with Crippen molar-refractivity contribution in [3.63, 3.8) is 0 Å².